The fraction of sp³-hybridized carbons (Fsp3) is 0.714. The second-order valence-electron chi connectivity index (χ2n) is 5.85. The van der Waals surface area contributed by atoms with Crippen LogP contribution in [-0.2, 0) is 27.4 Å². The van der Waals surface area contributed by atoms with Crippen LogP contribution >= 0.6 is 11.8 Å². The van der Waals surface area contributed by atoms with Crippen LogP contribution in [0, 0.1) is 0 Å². The fourth-order valence-corrected chi connectivity index (χ4v) is 3.15. The molecule has 0 spiro atoms. The summed E-state index contributed by atoms with van der Waals surface area (Å²) < 4.78 is 6.42. The molecule has 0 aromatic carbocycles. The highest BCUT2D eigenvalue weighted by Gasteiger charge is 2.37. The van der Waals surface area contributed by atoms with E-state index in [1.807, 2.05) is 18.4 Å². The van der Waals surface area contributed by atoms with Gasteiger partial charge in [0.1, 0.15) is 12.4 Å². The van der Waals surface area contributed by atoms with Crippen LogP contribution in [0.3, 0.4) is 0 Å². The average Bonchev–Trinajstić information content (AvgIpc) is 2.95. The predicted molar refractivity (Wildman–Crippen MR) is 86.8 cm³/mol. The molecule has 2 amide bonds. The van der Waals surface area contributed by atoms with Crippen LogP contribution < -0.4 is 10.6 Å². The van der Waals surface area contributed by atoms with Crippen molar-refractivity contribution in [3.63, 3.8) is 0 Å². The lowest BCUT2D eigenvalue weighted by Crippen LogP contribution is -2.57. The van der Waals surface area contributed by atoms with E-state index < -0.39 is 10.8 Å². The number of nitrogens with zero attached hydrogens (tertiary/aromatic N) is 3. The zero-order chi connectivity index (χ0) is 16.9. The van der Waals surface area contributed by atoms with Gasteiger partial charge >= 0.3 is 0 Å². The number of aromatic nitrogens is 3. The summed E-state index contributed by atoms with van der Waals surface area (Å²) in [5, 5.41) is 13.5. The standard InChI is InChI=1S/C14H23N5O3S/c1-14(2)13(21)17-10(8-23-14)12(20)15-7-11-18-16-9-19(11)5-4-6-22-3/h9-10H,4-8H2,1-3H3,(H,15,20)(H,17,21)/t10-/m1/s1. The van der Waals surface area contributed by atoms with Gasteiger partial charge in [0, 0.05) is 26.0 Å². The van der Waals surface area contributed by atoms with Crippen LogP contribution in [-0.4, -0.2) is 56.8 Å². The Balaban J connectivity index is 1.83. The molecule has 0 bridgehead atoms. The van der Waals surface area contributed by atoms with Gasteiger partial charge in [0.25, 0.3) is 0 Å². The summed E-state index contributed by atoms with van der Waals surface area (Å²) in [4.78, 5) is 24.1. The maximum absolute atomic E-state index is 12.2. The number of aryl methyl sites for hydroxylation is 1. The topological polar surface area (TPSA) is 98.1 Å². The summed E-state index contributed by atoms with van der Waals surface area (Å²) in [6.07, 6.45) is 2.48. The zero-order valence-corrected chi connectivity index (χ0v) is 14.5. The number of thioether (sulfide) groups is 1. The third-order valence-corrected chi connectivity index (χ3v) is 5.05. The monoisotopic (exact) mass is 341 g/mol. The molecule has 2 heterocycles. The Hall–Kier alpha value is -1.61. The highest BCUT2D eigenvalue weighted by Crippen LogP contribution is 2.28. The van der Waals surface area contributed by atoms with E-state index in [4.69, 9.17) is 4.74 Å². The SMILES string of the molecule is COCCCn1cnnc1CNC(=O)[C@H]1CSC(C)(C)C(=O)N1. The zero-order valence-electron chi connectivity index (χ0n) is 13.7. The summed E-state index contributed by atoms with van der Waals surface area (Å²) in [5.74, 6) is 0.930. The van der Waals surface area contributed by atoms with E-state index in [-0.39, 0.29) is 18.4 Å². The number of nitrogens with one attached hydrogen (secondary N) is 2. The lowest BCUT2D eigenvalue weighted by molar-refractivity contribution is -0.129. The second-order valence-corrected chi connectivity index (χ2v) is 7.49. The lowest BCUT2D eigenvalue weighted by Gasteiger charge is -2.32. The third kappa shape index (κ3) is 4.68. The summed E-state index contributed by atoms with van der Waals surface area (Å²) in [6, 6.07) is -0.509. The molecule has 1 aliphatic rings. The summed E-state index contributed by atoms with van der Waals surface area (Å²) in [6.45, 7) is 5.38. The maximum Gasteiger partial charge on any atom is 0.243 e. The van der Waals surface area contributed by atoms with Gasteiger partial charge in [-0.1, -0.05) is 0 Å². The minimum atomic E-state index is -0.509. The van der Waals surface area contributed by atoms with Gasteiger partial charge in [-0.05, 0) is 20.3 Å². The van der Waals surface area contributed by atoms with Gasteiger partial charge in [0.2, 0.25) is 11.8 Å². The normalized spacial score (nSPS) is 20.1. The number of amides is 2. The average molecular weight is 341 g/mol. The third-order valence-electron chi connectivity index (χ3n) is 3.64. The highest BCUT2D eigenvalue weighted by molar-refractivity contribution is 8.01. The van der Waals surface area contributed by atoms with Crippen molar-refractivity contribution in [3.8, 4) is 0 Å². The number of ether oxygens (including phenoxy) is 1. The Kier molecular flexibility index (Phi) is 6.00. The van der Waals surface area contributed by atoms with Crippen molar-refractivity contribution in [2.75, 3.05) is 19.5 Å². The molecular formula is C14H23N5O3S. The Morgan fingerprint density at radius 3 is 3.09 bits per heavy atom. The van der Waals surface area contributed by atoms with Crippen LogP contribution in [0.5, 0.6) is 0 Å². The first-order chi connectivity index (χ1) is 10.9. The van der Waals surface area contributed by atoms with Crippen molar-refractivity contribution in [1.29, 1.82) is 0 Å². The summed E-state index contributed by atoms with van der Waals surface area (Å²) >= 11 is 1.49. The molecule has 2 rings (SSSR count). The molecule has 1 atom stereocenters. The molecule has 1 fully saturated rings. The van der Waals surface area contributed by atoms with Crippen LogP contribution in [0.4, 0.5) is 0 Å². The van der Waals surface area contributed by atoms with Gasteiger partial charge in [-0.25, -0.2) is 0 Å². The molecule has 8 nitrogen and oxygen atoms in total. The predicted octanol–water partition coefficient (Wildman–Crippen LogP) is -0.0590. The highest BCUT2D eigenvalue weighted by atomic mass is 32.2. The van der Waals surface area contributed by atoms with E-state index >= 15 is 0 Å². The Labute approximate surface area is 139 Å². The molecule has 1 aliphatic heterocycles. The molecule has 128 valence electrons. The fourth-order valence-electron chi connectivity index (χ4n) is 2.14. The van der Waals surface area contributed by atoms with Crippen LogP contribution in [0.1, 0.15) is 26.1 Å². The van der Waals surface area contributed by atoms with Crippen LogP contribution in [0.15, 0.2) is 6.33 Å². The quantitative estimate of drug-likeness (QED) is 0.674. The molecule has 1 saturated heterocycles. The molecule has 2 N–H and O–H groups in total. The number of rotatable bonds is 7. The molecular weight excluding hydrogens is 318 g/mol. The Morgan fingerprint density at radius 1 is 1.61 bits per heavy atom. The van der Waals surface area contributed by atoms with E-state index in [1.54, 1.807) is 13.4 Å². The number of methoxy groups -OCH3 is 1. The van der Waals surface area contributed by atoms with Gasteiger partial charge in [-0.2, -0.15) is 0 Å². The Bertz CT molecular complexity index is 560. The molecule has 0 unspecified atom stereocenters. The van der Waals surface area contributed by atoms with Gasteiger partial charge in [0.15, 0.2) is 5.82 Å². The van der Waals surface area contributed by atoms with E-state index in [1.165, 1.54) is 11.8 Å². The minimum absolute atomic E-state index is 0.114. The van der Waals surface area contributed by atoms with Crippen LogP contribution in [0.2, 0.25) is 0 Å². The van der Waals surface area contributed by atoms with Crippen molar-refractivity contribution in [2.45, 2.75) is 44.1 Å². The lowest BCUT2D eigenvalue weighted by atomic mass is 10.1. The van der Waals surface area contributed by atoms with Crippen molar-refractivity contribution >= 4 is 23.6 Å². The van der Waals surface area contributed by atoms with Gasteiger partial charge in [-0.15, -0.1) is 22.0 Å². The molecule has 1 aromatic heterocycles. The van der Waals surface area contributed by atoms with E-state index in [9.17, 15) is 9.59 Å². The number of hydrogen-bond acceptors (Lipinski definition) is 6. The number of carbonyl (C=O) groups excluding carboxylic acids is 2. The minimum Gasteiger partial charge on any atom is -0.385 e. The van der Waals surface area contributed by atoms with Crippen molar-refractivity contribution < 1.29 is 14.3 Å². The van der Waals surface area contributed by atoms with Gasteiger partial charge in [-0.3, -0.25) is 9.59 Å². The van der Waals surface area contributed by atoms with Crippen molar-refractivity contribution in [3.05, 3.63) is 12.2 Å². The maximum atomic E-state index is 12.2. The molecule has 0 saturated carbocycles. The first kappa shape index (κ1) is 17.7. The Morgan fingerprint density at radius 2 is 2.39 bits per heavy atom. The molecule has 9 heteroatoms. The second kappa shape index (κ2) is 7.78. The largest absolute Gasteiger partial charge is 0.385 e. The summed E-state index contributed by atoms with van der Waals surface area (Å²) in [7, 11) is 1.66. The number of hydrogen-bond donors (Lipinski definition) is 2. The summed E-state index contributed by atoms with van der Waals surface area (Å²) in [5.41, 5.74) is 0. The smallest absolute Gasteiger partial charge is 0.243 e. The molecule has 1 aromatic rings. The van der Waals surface area contributed by atoms with Crippen molar-refractivity contribution in [1.82, 2.24) is 25.4 Å². The molecule has 23 heavy (non-hydrogen) atoms. The van der Waals surface area contributed by atoms with Gasteiger partial charge in [0.05, 0.1) is 11.3 Å². The van der Waals surface area contributed by atoms with Crippen LogP contribution in [0.25, 0.3) is 0 Å². The first-order valence-corrected chi connectivity index (χ1v) is 8.51. The first-order valence-electron chi connectivity index (χ1n) is 7.52. The van der Waals surface area contributed by atoms with Crippen molar-refractivity contribution in [2.24, 2.45) is 0 Å². The number of carbonyl (C=O) groups is 2. The molecule has 0 radical (unpaired) electrons. The van der Waals surface area contributed by atoms with E-state index in [0.29, 0.717) is 18.2 Å². The van der Waals surface area contributed by atoms with Gasteiger partial charge < -0.3 is 19.9 Å². The van der Waals surface area contributed by atoms with E-state index in [2.05, 4.69) is 20.8 Å². The molecule has 0 aliphatic carbocycles. The van der Waals surface area contributed by atoms with E-state index in [0.717, 1.165) is 13.0 Å².